The zero-order valence-electron chi connectivity index (χ0n) is 17.2. The van der Waals surface area contributed by atoms with Crippen molar-refractivity contribution in [2.45, 2.75) is 69.8 Å². The van der Waals surface area contributed by atoms with E-state index in [0.717, 1.165) is 38.6 Å². The first kappa shape index (κ1) is 20.3. The summed E-state index contributed by atoms with van der Waals surface area (Å²) in [6.45, 7) is 0.970. The van der Waals surface area contributed by atoms with Crippen LogP contribution in [0.1, 0.15) is 55.3 Å². The van der Waals surface area contributed by atoms with Crippen LogP contribution in [0.3, 0.4) is 0 Å². The van der Waals surface area contributed by atoms with Crippen molar-refractivity contribution in [1.82, 2.24) is 14.7 Å². The summed E-state index contributed by atoms with van der Waals surface area (Å²) < 4.78 is 39.1. The predicted octanol–water partition coefficient (Wildman–Crippen LogP) is 4.92. The molecule has 0 radical (unpaired) electrons. The Morgan fingerprint density at radius 2 is 2.03 bits per heavy atom. The third-order valence-corrected chi connectivity index (χ3v) is 6.53. The number of aliphatic imine (C=N–C) groups is 1. The summed E-state index contributed by atoms with van der Waals surface area (Å²) in [4.78, 5) is 20.1. The van der Waals surface area contributed by atoms with Crippen LogP contribution < -0.4 is 0 Å². The van der Waals surface area contributed by atoms with E-state index in [1.807, 2.05) is 18.3 Å². The summed E-state index contributed by atoms with van der Waals surface area (Å²) in [5.74, 6) is 0.00641. The lowest BCUT2D eigenvalue weighted by atomic mass is 9.88. The van der Waals surface area contributed by atoms with Crippen LogP contribution in [0.25, 0.3) is 10.9 Å². The van der Waals surface area contributed by atoms with Gasteiger partial charge in [-0.3, -0.25) is 14.5 Å². The quantitative estimate of drug-likeness (QED) is 0.653. The number of aryl methyl sites for hydroxylation is 1. The normalized spacial score (nSPS) is 21.1. The number of amides is 1. The molecule has 1 saturated carbocycles. The smallest absolute Gasteiger partial charge is 0.332 e. The molecule has 164 valence electrons. The molecule has 5 rings (SSSR count). The molecule has 1 amide bonds. The molecule has 8 heteroatoms. The lowest BCUT2D eigenvalue weighted by Crippen LogP contribution is -2.43. The molecule has 3 aliphatic rings. The second-order valence-electron chi connectivity index (χ2n) is 8.76. The monoisotopic (exact) mass is 430 g/mol. The minimum atomic E-state index is -4.17. The average Bonchev–Trinajstić information content (AvgIpc) is 3.29. The van der Waals surface area contributed by atoms with Crippen molar-refractivity contribution in [2.75, 3.05) is 6.54 Å². The lowest BCUT2D eigenvalue weighted by molar-refractivity contribution is -0.135. The van der Waals surface area contributed by atoms with Crippen molar-refractivity contribution in [2.24, 2.45) is 4.99 Å². The maximum atomic E-state index is 13.7. The van der Waals surface area contributed by atoms with E-state index >= 15 is 0 Å². The summed E-state index contributed by atoms with van der Waals surface area (Å²) in [7, 11) is 0. The van der Waals surface area contributed by atoms with Crippen molar-refractivity contribution in [1.29, 1.82) is 0 Å². The van der Waals surface area contributed by atoms with Gasteiger partial charge in [0.2, 0.25) is 0 Å². The van der Waals surface area contributed by atoms with Crippen LogP contribution in [0.5, 0.6) is 0 Å². The van der Waals surface area contributed by atoms with E-state index < -0.39 is 12.6 Å². The number of aromatic nitrogens is 2. The molecule has 2 aliphatic carbocycles. The Hall–Kier alpha value is -2.64. The number of rotatable bonds is 6. The zero-order valence-corrected chi connectivity index (χ0v) is 17.2. The minimum Gasteiger partial charge on any atom is -0.332 e. The number of benzene rings is 1. The molecule has 5 nitrogen and oxygen atoms in total. The van der Waals surface area contributed by atoms with E-state index in [0.29, 0.717) is 16.5 Å². The molecular weight excluding hydrogens is 405 g/mol. The molecule has 1 aliphatic heterocycles. The fourth-order valence-corrected chi connectivity index (χ4v) is 4.85. The molecule has 1 aromatic heterocycles. The zero-order chi connectivity index (χ0) is 21.6. The third kappa shape index (κ3) is 4.12. The topological polar surface area (TPSA) is 50.5 Å². The molecule has 1 aromatic carbocycles. The highest BCUT2D eigenvalue weighted by Crippen LogP contribution is 2.38. The highest BCUT2D eigenvalue weighted by Gasteiger charge is 2.40. The Morgan fingerprint density at radius 3 is 2.81 bits per heavy atom. The Labute approximate surface area is 178 Å². The molecule has 0 spiro atoms. The van der Waals surface area contributed by atoms with Crippen LogP contribution in [0.15, 0.2) is 40.5 Å². The van der Waals surface area contributed by atoms with Gasteiger partial charge in [0.05, 0.1) is 23.8 Å². The number of carbonyl (C=O) groups is 1. The SMILES string of the molecule is O=C(c1cccc2c1cnn2CCCC(F)(F)F)N(C1CC1)C1CCC2=C(C=NC2)C1. The summed E-state index contributed by atoms with van der Waals surface area (Å²) in [5.41, 5.74) is 3.98. The maximum absolute atomic E-state index is 13.7. The molecule has 0 bridgehead atoms. The minimum absolute atomic E-state index is 0.00641. The predicted molar refractivity (Wildman–Crippen MR) is 112 cm³/mol. The summed E-state index contributed by atoms with van der Waals surface area (Å²) in [6.07, 6.45) is 3.37. The molecule has 2 aromatic rings. The Balaban J connectivity index is 1.39. The van der Waals surface area contributed by atoms with E-state index in [1.54, 1.807) is 16.9 Å². The van der Waals surface area contributed by atoms with E-state index in [2.05, 4.69) is 15.0 Å². The highest BCUT2D eigenvalue weighted by atomic mass is 19.4. The first-order valence-electron chi connectivity index (χ1n) is 11.0. The molecular formula is C23H25F3N4O. The van der Waals surface area contributed by atoms with E-state index in [9.17, 15) is 18.0 Å². The molecule has 0 saturated heterocycles. The van der Waals surface area contributed by atoms with Crippen molar-refractivity contribution < 1.29 is 18.0 Å². The summed E-state index contributed by atoms with van der Waals surface area (Å²) in [5, 5.41) is 5.00. The first-order valence-corrected chi connectivity index (χ1v) is 11.0. The number of halogens is 3. The summed E-state index contributed by atoms with van der Waals surface area (Å²) >= 11 is 0. The van der Waals surface area contributed by atoms with Gasteiger partial charge in [0, 0.05) is 36.7 Å². The van der Waals surface area contributed by atoms with Gasteiger partial charge in [0.15, 0.2) is 0 Å². The standard InChI is InChI=1S/C23H25F3N4O/c24-23(25,26)9-2-10-29-21-4-1-3-19(20(21)14-28-29)22(31)30(17-7-8-17)18-6-5-15-12-27-13-16(15)11-18/h1,3-4,13-14,17-18H,2,5-12H2. The largest absolute Gasteiger partial charge is 0.389 e. The first-order chi connectivity index (χ1) is 14.9. The van der Waals surface area contributed by atoms with E-state index in [4.69, 9.17) is 0 Å². The fourth-order valence-electron chi connectivity index (χ4n) is 4.85. The van der Waals surface area contributed by atoms with E-state index in [-0.39, 0.29) is 31.0 Å². The number of nitrogens with zero attached hydrogens (tertiary/aromatic N) is 4. The number of alkyl halides is 3. The van der Waals surface area contributed by atoms with Gasteiger partial charge in [-0.25, -0.2) is 0 Å². The van der Waals surface area contributed by atoms with Crippen LogP contribution in [0.2, 0.25) is 0 Å². The fraction of sp³-hybridized carbons (Fsp3) is 0.522. The van der Waals surface area contributed by atoms with Crippen molar-refractivity contribution in [3.8, 4) is 0 Å². The second kappa shape index (κ2) is 7.80. The van der Waals surface area contributed by atoms with Crippen molar-refractivity contribution in [3.63, 3.8) is 0 Å². The Morgan fingerprint density at radius 1 is 1.19 bits per heavy atom. The second-order valence-corrected chi connectivity index (χ2v) is 8.76. The van der Waals surface area contributed by atoms with Crippen molar-refractivity contribution in [3.05, 3.63) is 41.1 Å². The molecule has 2 heterocycles. The molecule has 31 heavy (non-hydrogen) atoms. The van der Waals surface area contributed by atoms with Gasteiger partial charge in [-0.2, -0.15) is 18.3 Å². The number of hydrogen-bond acceptors (Lipinski definition) is 3. The maximum Gasteiger partial charge on any atom is 0.389 e. The number of carbonyl (C=O) groups excluding carboxylic acids is 1. The summed E-state index contributed by atoms with van der Waals surface area (Å²) in [6, 6.07) is 5.87. The van der Waals surface area contributed by atoms with Crippen molar-refractivity contribution >= 4 is 23.0 Å². The lowest BCUT2D eigenvalue weighted by Gasteiger charge is -2.35. The average molecular weight is 430 g/mol. The van der Waals surface area contributed by atoms with Gasteiger partial charge in [-0.1, -0.05) is 6.07 Å². The highest BCUT2D eigenvalue weighted by molar-refractivity contribution is 6.06. The van der Waals surface area contributed by atoms with Crippen LogP contribution >= 0.6 is 0 Å². The third-order valence-electron chi connectivity index (χ3n) is 6.53. The van der Waals surface area contributed by atoms with Crippen LogP contribution in [-0.4, -0.2) is 51.6 Å². The van der Waals surface area contributed by atoms with Gasteiger partial charge in [0.25, 0.3) is 5.91 Å². The molecule has 0 N–H and O–H groups in total. The van der Waals surface area contributed by atoms with Gasteiger partial charge < -0.3 is 4.90 Å². The van der Waals surface area contributed by atoms with Gasteiger partial charge >= 0.3 is 6.18 Å². The number of hydrogen-bond donors (Lipinski definition) is 0. The molecule has 1 fully saturated rings. The Kier molecular flexibility index (Phi) is 5.10. The number of fused-ring (bicyclic) bond motifs is 1. The van der Waals surface area contributed by atoms with Gasteiger partial charge in [-0.15, -0.1) is 0 Å². The van der Waals surface area contributed by atoms with Gasteiger partial charge in [-0.05, 0) is 61.8 Å². The van der Waals surface area contributed by atoms with E-state index in [1.165, 1.54) is 11.1 Å². The van der Waals surface area contributed by atoms with Gasteiger partial charge in [0.1, 0.15) is 0 Å². The Bertz CT molecular complexity index is 1060. The van der Waals surface area contributed by atoms with Crippen LogP contribution in [-0.2, 0) is 6.54 Å². The van der Waals surface area contributed by atoms with Crippen LogP contribution in [0, 0.1) is 0 Å². The molecule has 1 unspecified atom stereocenters. The molecule has 1 atom stereocenters. The van der Waals surface area contributed by atoms with Crippen LogP contribution in [0.4, 0.5) is 13.2 Å².